The third kappa shape index (κ3) is 2.88. The largest absolute Gasteiger partial charge is 0.369 e. The minimum absolute atomic E-state index is 0.0528. The van der Waals surface area contributed by atoms with Gasteiger partial charge >= 0.3 is 0 Å². The van der Waals surface area contributed by atoms with Gasteiger partial charge in [-0.05, 0) is 43.5 Å². The number of aryl methyl sites for hydroxylation is 1. The molecule has 3 aromatic rings. The molecule has 1 fully saturated rings. The molecule has 7 nitrogen and oxygen atoms in total. The second-order valence-electron chi connectivity index (χ2n) is 6.59. The molecule has 0 bridgehead atoms. The molecule has 1 aromatic carbocycles. The van der Waals surface area contributed by atoms with Crippen molar-refractivity contribution in [2.75, 3.05) is 18.0 Å². The number of halogens is 1. The standard InChI is InChI=1S/C18H19ClN6O/c1-11-8-13(19)2-3-15(11)25-18-14(9-23-25)17(21-10-22-18)24-6-4-12(5-7-24)16(20)26/h2-3,8-10,12H,4-7H2,1H3,(H2,20,26). The third-order valence-corrected chi connectivity index (χ3v) is 5.16. The van der Waals surface area contributed by atoms with E-state index in [9.17, 15) is 4.79 Å². The Morgan fingerprint density at radius 1 is 1.27 bits per heavy atom. The SMILES string of the molecule is Cc1cc(Cl)ccc1-n1ncc2c(N3CCC(C(N)=O)CC3)ncnc21. The van der Waals surface area contributed by atoms with Crippen molar-refractivity contribution in [1.29, 1.82) is 0 Å². The van der Waals surface area contributed by atoms with Gasteiger partial charge in [-0.2, -0.15) is 5.10 Å². The number of aromatic nitrogens is 4. The predicted molar refractivity (Wildman–Crippen MR) is 101 cm³/mol. The van der Waals surface area contributed by atoms with Crippen LogP contribution in [-0.4, -0.2) is 38.7 Å². The van der Waals surface area contributed by atoms with Crippen LogP contribution >= 0.6 is 11.6 Å². The average Bonchev–Trinajstić information content (AvgIpc) is 3.06. The maximum atomic E-state index is 11.4. The smallest absolute Gasteiger partial charge is 0.220 e. The Balaban J connectivity index is 1.71. The lowest BCUT2D eigenvalue weighted by atomic mass is 9.96. The minimum Gasteiger partial charge on any atom is -0.369 e. The Morgan fingerprint density at radius 2 is 2.04 bits per heavy atom. The summed E-state index contributed by atoms with van der Waals surface area (Å²) in [4.78, 5) is 22.5. The summed E-state index contributed by atoms with van der Waals surface area (Å²) >= 11 is 6.06. The summed E-state index contributed by atoms with van der Waals surface area (Å²) < 4.78 is 1.81. The number of rotatable bonds is 3. The summed E-state index contributed by atoms with van der Waals surface area (Å²) in [5.41, 5.74) is 8.13. The lowest BCUT2D eigenvalue weighted by molar-refractivity contribution is -0.122. The van der Waals surface area contributed by atoms with Crippen LogP contribution < -0.4 is 10.6 Å². The van der Waals surface area contributed by atoms with Crippen molar-refractivity contribution in [3.63, 3.8) is 0 Å². The molecule has 1 aliphatic rings. The molecule has 0 unspecified atom stereocenters. The maximum absolute atomic E-state index is 11.4. The zero-order chi connectivity index (χ0) is 18.3. The molecule has 2 aromatic heterocycles. The second kappa shape index (κ2) is 6.57. The Hall–Kier alpha value is -2.67. The van der Waals surface area contributed by atoms with Gasteiger partial charge in [0.2, 0.25) is 5.91 Å². The van der Waals surface area contributed by atoms with Crippen LogP contribution in [0.2, 0.25) is 5.02 Å². The highest BCUT2D eigenvalue weighted by Crippen LogP contribution is 2.29. The van der Waals surface area contributed by atoms with Gasteiger partial charge in [0.15, 0.2) is 5.65 Å². The van der Waals surface area contributed by atoms with Crippen molar-refractivity contribution in [3.05, 3.63) is 41.3 Å². The van der Waals surface area contributed by atoms with E-state index >= 15 is 0 Å². The molecular weight excluding hydrogens is 352 g/mol. The van der Waals surface area contributed by atoms with Crippen molar-refractivity contribution < 1.29 is 4.79 Å². The fourth-order valence-corrected chi connectivity index (χ4v) is 3.72. The van der Waals surface area contributed by atoms with E-state index in [2.05, 4.69) is 20.0 Å². The van der Waals surface area contributed by atoms with Crippen LogP contribution in [0.15, 0.2) is 30.7 Å². The first kappa shape index (κ1) is 16.8. The van der Waals surface area contributed by atoms with Crippen molar-refractivity contribution in [2.24, 2.45) is 11.7 Å². The van der Waals surface area contributed by atoms with E-state index in [0.29, 0.717) is 5.02 Å². The first-order chi connectivity index (χ1) is 12.5. The Kier molecular flexibility index (Phi) is 4.24. The molecule has 134 valence electrons. The van der Waals surface area contributed by atoms with Crippen LogP contribution in [0.3, 0.4) is 0 Å². The fraction of sp³-hybridized carbons (Fsp3) is 0.333. The number of hydrogen-bond donors (Lipinski definition) is 1. The zero-order valence-corrected chi connectivity index (χ0v) is 15.1. The van der Waals surface area contributed by atoms with Gasteiger partial charge in [-0.1, -0.05) is 11.6 Å². The number of carbonyl (C=O) groups is 1. The van der Waals surface area contributed by atoms with Crippen LogP contribution in [0, 0.1) is 12.8 Å². The summed E-state index contributed by atoms with van der Waals surface area (Å²) in [6.07, 6.45) is 4.83. The number of carbonyl (C=O) groups excluding carboxylic acids is 1. The molecule has 0 spiro atoms. The van der Waals surface area contributed by atoms with Gasteiger partial charge in [-0.25, -0.2) is 14.6 Å². The molecule has 3 heterocycles. The van der Waals surface area contributed by atoms with E-state index in [4.69, 9.17) is 17.3 Å². The average molecular weight is 371 g/mol. The van der Waals surface area contributed by atoms with Crippen LogP contribution in [0.1, 0.15) is 18.4 Å². The number of anilines is 1. The molecule has 2 N–H and O–H groups in total. The van der Waals surface area contributed by atoms with Crippen LogP contribution in [-0.2, 0) is 4.79 Å². The number of hydrogen-bond acceptors (Lipinski definition) is 5. The first-order valence-electron chi connectivity index (χ1n) is 8.54. The van der Waals surface area contributed by atoms with Crippen molar-refractivity contribution in [1.82, 2.24) is 19.7 Å². The van der Waals surface area contributed by atoms with E-state index < -0.39 is 0 Å². The van der Waals surface area contributed by atoms with Crippen LogP contribution in [0.5, 0.6) is 0 Å². The Morgan fingerprint density at radius 3 is 2.73 bits per heavy atom. The van der Waals surface area contributed by atoms with E-state index in [1.807, 2.05) is 29.8 Å². The summed E-state index contributed by atoms with van der Waals surface area (Å²) in [5.74, 6) is 0.572. The number of fused-ring (bicyclic) bond motifs is 1. The van der Waals surface area contributed by atoms with E-state index in [-0.39, 0.29) is 11.8 Å². The number of nitrogens with zero attached hydrogens (tertiary/aromatic N) is 5. The Bertz CT molecular complexity index is 977. The topological polar surface area (TPSA) is 89.9 Å². The molecule has 0 atom stereocenters. The van der Waals surface area contributed by atoms with Crippen molar-refractivity contribution in [3.8, 4) is 5.69 Å². The number of amides is 1. The highest BCUT2D eigenvalue weighted by molar-refractivity contribution is 6.30. The molecule has 1 amide bonds. The molecular formula is C18H19ClN6O. The summed E-state index contributed by atoms with van der Waals surface area (Å²) in [6.45, 7) is 3.47. The fourth-order valence-electron chi connectivity index (χ4n) is 3.49. The summed E-state index contributed by atoms with van der Waals surface area (Å²) in [5, 5.41) is 6.10. The molecule has 8 heteroatoms. The lowest BCUT2D eigenvalue weighted by Gasteiger charge is -2.31. The molecule has 0 aliphatic carbocycles. The summed E-state index contributed by atoms with van der Waals surface area (Å²) in [7, 11) is 0. The second-order valence-corrected chi connectivity index (χ2v) is 7.02. The van der Waals surface area contributed by atoms with E-state index in [0.717, 1.165) is 54.0 Å². The van der Waals surface area contributed by atoms with E-state index in [1.54, 1.807) is 12.5 Å². The quantitative estimate of drug-likeness (QED) is 0.764. The van der Waals surface area contributed by atoms with Crippen LogP contribution in [0.4, 0.5) is 5.82 Å². The van der Waals surface area contributed by atoms with Crippen molar-refractivity contribution in [2.45, 2.75) is 19.8 Å². The zero-order valence-electron chi connectivity index (χ0n) is 14.4. The monoisotopic (exact) mass is 370 g/mol. The van der Waals surface area contributed by atoms with Crippen LogP contribution in [0.25, 0.3) is 16.7 Å². The predicted octanol–water partition coefficient (Wildman–Crippen LogP) is 2.48. The van der Waals surface area contributed by atoms with Gasteiger partial charge in [-0.15, -0.1) is 0 Å². The number of benzene rings is 1. The molecule has 1 saturated heterocycles. The highest BCUT2D eigenvalue weighted by Gasteiger charge is 2.25. The molecule has 0 saturated carbocycles. The summed E-state index contributed by atoms with van der Waals surface area (Å²) in [6, 6.07) is 5.68. The van der Waals surface area contributed by atoms with Gasteiger partial charge in [0.05, 0.1) is 17.3 Å². The minimum atomic E-state index is -0.219. The van der Waals surface area contributed by atoms with Gasteiger partial charge in [0, 0.05) is 24.0 Å². The van der Waals surface area contributed by atoms with Gasteiger partial charge in [0.25, 0.3) is 0 Å². The Labute approximate surface area is 155 Å². The number of nitrogens with two attached hydrogens (primary N) is 1. The highest BCUT2D eigenvalue weighted by atomic mass is 35.5. The van der Waals surface area contributed by atoms with Gasteiger partial charge in [0.1, 0.15) is 12.1 Å². The normalized spacial score (nSPS) is 15.5. The van der Waals surface area contributed by atoms with Gasteiger partial charge < -0.3 is 10.6 Å². The molecule has 26 heavy (non-hydrogen) atoms. The van der Waals surface area contributed by atoms with Gasteiger partial charge in [-0.3, -0.25) is 4.79 Å². The molecule has 1 aliphatic heterocycles. The number of piperidine rings is 1. The molecule has 0 radical (unpaired) electrons. The lowest BCUT2D eigenvalue weighted by Crippen LogP contribution is -2.39. The molecule has 4 rings (SSSR count). The van der Waals surface area contributed by atoms with E-state index in [1.165, 1.54) is 0 Å². The number of primary amides is 1. The third-order valence-electron chi connectivity index (χ3n) is 4.93. The maximum Gasteiger partial charge on any atom is 0.220 e. The van der Waals surface area contributed by atoms with Crippen molar-refractivity contribution >= 4 is 34.4 Å². The first-order valence-corrected chi connectivity index (χ1v) is 8.92.